The van der Waals surface area contributed by atoms with Crippen molar-refractivity contribution in [2.24, 2.45) is 0 Å². The highest BCUT2D eigenvalue weighted by Crippen LogP contribution is 2.30. The van der Waals surface area contributed by atoms with Gasteiger partial charge in [0.05, 0.1) is 7.11 Å². The van der Waals surface area contributed by atoms with Gasteiger partial charge in [0.1, 0.15) is 5.75 Å². The standard InChI is InChI=1S/C11H12F2O2/c1-6-4-8(15-3)5-9(11(12)13)10(6)7(2)14/h4-5,11H,1-3H3. The van der Waals surface area contributed by atoms with Crippen LogP contribution in [-0.2, 0) is 0 Å². The van der Waals surface area contributed by atoms with E-state index in [1.165, 1.54) is 20.1 Å². The second-order valence-electron chi connectivity index (χ2n) is 3.27. The highest BCUT2D eigenvalue weighted by molar-refractivity contribution is 5.97. The zero-order valence-electron chi connectivity index (χ0n) is 8.80. The van der Waals surface area contributed by atoms with Gasteiger partial charge in [0.2, 0.25) is 0 Å². The molecule has 0 atom stereocenters. The summed E-state index contributed by atoms with van der Waals surface area (Å²) in [5.74, 6) is -0.0155. The molecule has 0 unspecified atom stereocenters. The predicted octanol–water partition coefficient (Wildman–Crippen LogP) is 3.14. The Morgan fingerprint density at radius 1 is 1.40 bits per heavy atom. The number of alkyl halides is 2. The van der Waals surface area contributed by atoms with Crippen molar-refractivity contribution in [1.82, 2.24) is 0 Å². The maximum absolute atomic E-state index is 12.7. The topological polar surface area (TPSA) is 26.3 Å². The molecule has 0 spiro atoms. The van der Waals surface area contributed by atoms with Crippen LogP contribution in [0.25, 0.3) is 0 Å². The van der Waals surface area contributed by atoms with Gasteiger partial charge in [0, 0.05) is 11.1 Å². The van der Waals surface area contributed by atoms with Crippen LogP contribution in [0.2, 0.25) is 0 Å². The minimum Gasteiger partial charge on any atom is -0.497 e. The second kappa shape index (κ2) is 4.38. The van der Waals surface area contributed by atoms with E-state index in [9.17, 15) is 13.6 Å². The maximum atomic E-state index is 12.7. The van der Waals surface area contributed by atoms with Crippen molar-refractivity contribution in [1.29, 1.82) is 0 Å². The molecule has 0 aliphatic heterocycles. The summed E-state index contributed by atoms with van der Waals surface area (Å²) < 4.78 is 30.2. The lowest BCUT2D eigenvalue weighted by Crippen LogP contribution is -2.04. The summed E-state index contributed by atoms with van der Waals surface area (Å²) in [6, 6.07) is 2.77. The average Bonchev–Trinajstić information content (AvgIpc) is 2.15. The Labute approximate surface area is 86.9 Å². The molecule has 15 heavy (non-hydrogen) atoms. The molecule has 0 aliphatic carbocycles. The first kappa shape index (κ1) is 11.6. The minimum absolute atomic E-state index is 0.0887. The first-order chi connectivity index (χ1) is 6.97. The first-order valence-electron chi connectivity index (χ1n) is 4.45. The van der Waals surface area contributed by atoms with Gasteiger partial charge in [-0.05, 0) is 31.5 Å². The van der Waals surface area contributed by atoms with Crippen molar-refractivity contribution in [2.45, 2.75) is 20.3 Å². The molecule has 0 amide bonds. The molecule has 4 heteroatoms. The number of aryl methyl sites for hydroxylation is 1. The van der Waals surface area contributed by atoms with E-state index in [1.807, 2.05) is 0 Å². The van der Waals surface area contributed by atoms with E-state index in [1.54, 1.807) is 13.0 Å². The number of ether oxygens (including phenoxy) is 1. The van der Waals surface area contributed by atoms with Crippen molar-refractivity contribution in [3.05, 3.63) is 28.8 Å². The molecular formula is C11H12F2O2. The molecule has 1 aromatic rings. The molecule has 0 bridgehead atoms. The molecule has 1 rings (SSSR count). The first-order valence-corrected chi connectivity index (χ1v) is 4.45. The van der Waals surface area contributed by atoms with Gasteiger partial charge in [0.25, 0.3) is 6.43 Å². The Morgan fingerprint density at radius 3 is 2.40 bits per heavy atom. The van der Waals surface area contributed by atoms with Crippen LogP contribution in [0, 0.1) is 6.92 Å². The van der Waals surface area contributed by atoms with Gasteiger partial charge in [-0.1, -0.05) is 0 Å². The molecule has 82 valence electrons. The summed E-state index contributed by atoms with van der Waals surface area (Å²) in [5.41, 5.74) is 0.335. The molecule has 1 aromatic carbocycles. The number of rotatable bonds is 3. The lowest BCUT2D eigenvalue weighted by atomic mass is 9.98. The summed E-state index contributed by atoms with van der Waals surface area (Å²) in [6.07, 6.45) is -2.67. The van der Waals surface area contributed by atoms with Gasteiger partial charge in [0.15, 0.2) is 5.78 Å². The van der Waals surface area contributed by atoms with E-state index in [-0.39, 0.29) is 16.9 Å². The molecule has 0 saturated heterocycles. The number of hydrogen-bond donors (Lipinski definition) is 0. The number of carbonyl (C=O) groups excluding carboxylic acids is 1. The summed E-state index contributed by atoms with van der Waals surface area (Å²) >= 11 is 0. The Balaban J connectivity index is 3.42. The smallest absolute Gasteiger partial charge is 0.264 e. The molecule has 0 radical (unpaired) electrons. The van der Waals surface area contributed by atoms with Crippen molar-refractivity contribution in [3.8, 4) is 5.75 Å². The molecule has 2 nitrogen and oxygen atoms in total. The Bertz CT molecular complexity index is 386. The molecule has 0 N–H and O–H groups in total. The number of Topliss-reactive ketones (excluding diaryl/α,β-unsaturated/α-hetero) is 1. The summed E-state index contributed by atoms with van der Waals surface area (Å²) in [4.78, 5) is 11.2. The molecule has 0 aromatic heterocycles. The zero-order chi connectivity index (χ0) is 11.6. The van der Waals surface area contributed by atoms with E-state index in [0.717, 1.165) is 0 Å². The Kier molecular flexibility index (Phi) is 3.39. The third-order valence-electron chi connectivity index (χ3n) is 2.16. The molecule has 0 heterocycles. The van der Waals surface area contributed by atoms with E-state index >= 15 is 0 Å². The number of carbonyl (C=O) groups is 1. The van der Waals surface area contributed by atoms with Crippen LogP contribution < -0.4 is 4.74 Å². The molecular weight excluding hydrogens is 202 g/mol. The number of hydrogen-bond acceptors (Lipinski definition) is 2. The third-order valence-corrected chi connectivity index (χ3v) is 2.16. The SMILES string of the molecule is COc1cc(C)c(C(C)=O)c(C(F)F)c1. The van der Waals surface area contributed by atoms with Crippen molar-refractivity contribution < 1.29 is 18.3 Å². The van der Waals surface area contributed by atoms with Gasteiger partial charge in [-0.3, -0.25) is 4.79 Å². The fourth-order valence-corrected chi connectivity index (χ4v) is 1.55. The van der Waals surface area contributed by atoms with E-state index in [2.05, 4.69) is 0 Å². The minimum atomic E-state index is -2.67. The molecule has 0 saturated carbocycles. The Hall–Kier alpha value is -1.45. The zero-order valence-corrected chi connectivity index (χ0v) is 8.80. The van der Waals surface area contributed by atoms with Crippen LogP contribution in [0.5, 0.6) is 5.75 Å². The van der Waals surface area contributed by atoms with Gasteiger partial charge < -0.3 is 4.74 Å². The number of benzene rings is 1. The van der Waals surface area contributed by atoms with Gasteiger partial charge in [-0.25, -0.2) is 8.78 Å². The van der Waals surface area contributed by atoms with Crippen molar-refractivity contribution in [3.63, 3.8) is 0 Å². The highest BCUT2D eigenvalue weighted by atomic mass is 19.3. The number of methoxy groups -OCH3 is 1. The predicted molar refractivity (Wildman–Crippen MR) is 52.7 cm³/mol. The number of ketones is 1. The molecule has 0 fully saturated rings. The lowest BCUT2D eigenvalue weighted by Gasteiger charge is -2.11. The maximum Gasteiger partial charge on any atom is 0.264 e. The Morgan fingerprint density at radius 2 is 2.00 bits per heavy atom. The number of halogens is 2. The van der Waals surface area contributed by atoms with Crippen molar-refractivity contribution in [2.75, 3.05) is 7.11 Å². The van der Waals surface area contributed by atoms with E-state index in [0.29, 0.717) is 11.3 Å². The normalized spacial score (nSPS) is 10.5. The largest absolute Gasteiger partial charge is 0.497 e. The lowest BCUT2D eigenvalue weighted by molar-refractivity contribution is 0.0998. The molecule has 0 aliphatic rings. The van der Waals surface area contributed by atoms with Gasteiger partial charge in [-0.2, -0.15) is 0 Å². The van der Waals surface area contributed by atoms with E-state index < -0.39 is 6.43 Å². The monoisotopic (exact) mass is 214 g/mol. The van der Waals surface area contributed by atoms with Crippen LogP contribution in [0.1, 0.15) is 34.8 Å². The van der Waals surface area contributed by atoms with Crippen molar-refractivity contribution >= 4 is 5.78 Å². The third kappa shape index (κ3) is 2.32. The van der Waals surface area contributed by atoms with Crippen LogP contribution >= 0.6 is 0 Å². The van der Waals surface area contributed by atoms with E-state index in [4.69, 9.17) is 4.74 Å². The fourth-order valence-electron chi connectivity index (χ4n) is 1.55. The highest BCUT2D eigenvalue weighted by Gasteiger charge is 2.19. The van der Waals surface area contributed by atoms with Crippen LogP contribution in [0.3, 0.4) is 0 Å². The van der Waals surface area contributed by atoms with Gasteiger partial charge >= 0.3 is 0 Å². The average molecular weight is 214 g/mol. The summed E-state index contributed by atoms with van der Waals surface area (Å²) in [5, 5.41) is 0. The quantitative estimate of drug-likeness (QED) is 0.722. The van der Waals surface area contributed by atoms with Gasteiger partial charge in [-0.15, -0.1) is 0 Å². The summed E-state index contributed by atoms with van der Waals surface area (Å²) in [7, 11) is 1.40. The summed E-state index contributed by atoms with van der Waals surface area (Å²) in [6.45, 7) is 2.89. The van der Waals surface area contributed by atoms with Crippen LogP contribution in [-0.4, -0.2) is 12.9 Å². The van der Waals surface area contributed by atoms with Crippen LogP contribution in [0.15, 0.2) is 12.1 Å². The fraction of sp³-hybridized carbons (Fsp3) is 0.364. The second-order valence-corrected chi connectivity index (χ2v) is 3.27. The van der Waals surface area contributed by atoms with Crippen LogP contribution in [0.4, 0.5) is 8.78 Å².